The highest BCUT2D eigenvalue weighted by Gasteiger charge is 2.24. The lowest BCUT2D eigenvalue weighted by molar-refractivity contribution is 0.0929. The summed E-state index contributed by atoms with van der Waals surface area (Å²) in [6.45, 7) is 5.93. The van der Waals surface area contributed by atoms with Crippen LogP contribution < -0.4 is 10.6 Å². The van der Waals surface area contributed by atoms with E-state index in [0.29, 0.717) is 23.0 Å². The fourth-order valence-corrected chi connectivity index (χ4v) is 4.30. The second-order valence-electron chi connectivity index (χ2n) is 7.85. The number of aromatic amines is 2. The van der Waals surface area contributed by atoms with Crippen molar-refractivity contribution >= 4 is 29.6 Å². The van der Waals surface area contributed by atoms with E-state index in [9.17, 15) is 4.79 Å². The maximum atomic E-state index is 13.0. The molecule has 1 aliphatic rings. The molecule has 1 amide bonds. The number of fused-ring (bicyclic) bond motifs is 1. The number of carbonyl (C=O) groups excluding carboxylic acids is 1. The van der Waals surface area contributed by atoms with E-state index >= 15 is 0 Å². The van der Waals surface area contributed by atoms with Crippen molar-refractivity contribution in [3.8, 4) is 11.5 Å². The molecule has 1 atom stereocenters. The van der Waals surface area contributed by atoms with Crippen LogP contribution in [0.4, 0.5) is 0 Å². The molecule has 3 aromatic rings. The first kappa shape index (κ1) is 20.0. The maximum Gasteiger partial charge on any atom is 0.255 e. The highest BCUT2D eigenvalue weighted by Crippen LogP contribution is 2.27. The van der Waals surface area contributed by atoms with Gasteiger partial charge >= 0.3 is 0 Å². The van der Waals surface area contributed by atoms with Gasteiger partial charge in [-0.05, 0) is 68.6 Å². The largest absolute Gasteiger partial charge is 0.349 e. The summed E-state index contributed by atoms with van der Waals surface area (Å²) >= 11 is 4.34. The Morgan fingerprint density at radius 2 is 2.14 bits per heavy atom. The molecule has 0 saturated carbocycles. The van der Waals surface area contributed by atoms with Crippen LogP contribution in [0, 0.1) is 6.92 Å². The predicted molar refractivity (Wildman–Crippen MR) is 119 cm³/mol. The fraction of sp³-hybridized carbons (Fsp3) is 0.476. The molecule has 0 spiro atoms. The van der Waals surface area contributed by atoms with Crippen LogP contribution in [0.15, 0.2) is 18.2 Å². The summed E-state index contributed by atoms with van der Waals surface area (Å²) in [5.41, 5.74) is 4.95. The number of aryl methyl sites for hydroxylation is 1. The van der Waals surface area contributed by atoms with E-state index in [-0.39, 0.29) is 11.9 Å². The summed E-state index contributed by atoms with van der Waals surface area (Å²) in [6, 6.07) is 6.46. The van der Waals surface area contributed by atoms with Gasteiger partial charge in [0.1, 0.15) is 5.69 Å². The third kappa shape index (κ3) is 4.18. The third-order valence-electron chi connectivity index (χ3n) is 5.71. The molecule has 29 heavy (non-hydrogen) atoms. The number of hydrogen-bond acceptors (Lipinski definition) is 5. The molecule has 1 unspecified atom stereocenters. The maximum absolute atomic E-state index is 13.0. The number of hydrogen-bond donors (Lipinski definition) is 5. The van der Waals surface area contributed by atoms with E-state index in [0.717, 1.165) is 54.8 Å². The minimum absolute atomic E-state index is 0.0957. The quantitative estimate of drug-likeness (QED) is 0.402. The third-order valence-corrected chi connectivity index (χ3v) is 5.97. The number of rotatable bonds is 6. The van der Waals surface area contributed by atoms with Crippen molar-refractivity contribution in [3.63, 3.8) is 0 Å². The molecule has 2 aromatic heterocycles. The average molecular weight is 413 g/mol. The second kappa shape index (κ2) is 8.59. The second-order valence-corrected chi connectivity index (χ2v) is 8.29. The fourth-order valence-electron chi connectivity index (χ4n) is 3.91. The van der Waals surface area contributed by atoms with Crippen LogP contribution in [-0.4, -0.2) is 51.0 Å². The van der Waals surface area contributed by atoms with Crippen molar-refractivity contribution in [2.75, 3.05) is 18.8 Å². The van der Waals surface area contributed by atoms with Crippen molar-refractivity contribution in [3.05, 3.63) is 35.0 Å². The topological polar surface area (TPSA) is 98.5 Å². The van der Waals surface area contributed by atoms with Crippen molar-refractivity contribution < 1.29 is 4.79 Å². The van der Waals surface area contributed by atoms with Gasteiger partial charge in [0.05, 0.1) is 16.6 Å². The summed E-state index contributed by atoms with van der Waals surface area (Å²) in [7, 11) is 0. The number of nitrogens with one attached hydrogen (secondary N) is 4. The Morgan fingerprint density at radius 1 is 1.34 bits per heavy atom. The highest BCUT2D eigenvalue weighted by atomic mass is 32.1. The average Bonchev–Trinajstić information content (AvgIpc) is 3.31. The normalized spacial score (nSPS) is 16.2. The Bertz CT molecular complexity index is 1000. The van der Waals surface area contributed by atoms with Crippen LogP contribution >= 0.6 is 12.6 Å². The van der Waals surface area contributed by atoms with Gasteiger partial charge in [-0.25, -0.2) is 4.98 Å². The van der Waals surface area contributed by atoms with Crippen molar-refractivity contribution in [2.45, 2.75) is 45.1 Å². The molecule has 0 radical (unpaired) electrons. The molecule has 4 N–H and O–H groups in total. The number of thiol groups is 1. The van der Waals surface area contributed by atoms with Crippen LogP contribution in [0.2, 0.25) is 0 Å². The lowest BCUT2D eigenvalue weighted by Gasteiger charge is -2.23. The van der Waals surface area contributed by atoms with E-state index < -0.39 is 0 Å². The summed E-state index contributed by atoms with van der Waals surface area (Å²) in [6.07, 6.45) is 2.90. The van der Waals surface area contributed by atoms with Gasteiger partial charge in [-0.1, -0.05) is 13.0 Å². The molecular weight excluding hydrogens is 384 g/mol. The molecular formula is C21H28N6OS. The van der Waals surface area contributed by atoms with Gasteiger partial charge in [0.25, 0.3) is 5.91 Å². The van der Waals surface area contributed by atoms with E-state index in [4.69, 9.17) is 0 Å². The molecule has 8 heteroatoms. The standard InChI is InChI=1S/C21H28N6OS/c1-12(7-10-29)14-3-4-16-17(11-14)25-20(24-16)19-18(13(2)26-27-19)21(28)23-15-5-8-22-9-6-15/h3-4,11-12,15,22,29H,5-10H2,1-2H3,(H,23,28)(H,24,25)(H,26,27). The molecule has 1 fully saturated rings. The van der Waals surface area contributed by atoms with Gasteiger partial charge in [-0.3, -0.25) is 9.89 Å². The summed E-state index contributed by atoms with van der Waals surface area (Å²) in [4.78, 5) is 21.0. The van der Waals surface area contributed by atoms with Gasteiger partial charge in [0.15, 0.2) is 5.82 Å². The van der Waals surface area contributed by atoms with Crippen molar-refractivity contribution in [1.82, 2.24) is 30.8 Å². The van der Waals surface area contributed by atoms with Gasteiger partial charge in [0, 0.05) is 11.7 Å². The van der Waals surface area contributed by atoms with E-state index in [1.807, 2.05) is 13.0 Å². The molecule has 154 valence electrons. The van der Waals surface area contributed by atoms with E-state index in [1.54, 1.807) is 0 Å². The monoisotopic (exact) mass is 412 g/mol. The molecule has 7 nitrogen and oxygen atoms in total. The van der Waals surface area contributed by atoms with Crippen LogP contribution in [0.1, 0.15) is 53.7 Å². The Morgan fingerprint density at radius 3 is 2.90 bits per heavy atom. The Balaban J connectivity index is 1.63. The minimum atomic E-state index is -0.0957. The number of nitrogens with zero attached hydrogens (tertiary/aromatic N) is 2. The van der Waals surface area contributed by atoms with Gasteiger partial charge in [-0.15, -0.1) is 0 Å². The summed E-state index contributed by atoms with van der Waals surface area (Å²) in [5.74, 6) is 1.80. The zero-order valence-electron chi connectivity index (χ0n) is 16.9. The predicted octanol–water partition coefficient (Wildman–Crippen LogP) is 3.17. The number of piperidine rings is 1. The van der Waals surface area contributed by atoms with Crippen LogP contribution in [0.25, 0.3) is 22.6 Å². The molecule has 1 aliphatic heterocycles. The van der Waals surface area contributed by atoms with Crippen molar-refractivity contribution in [1.29, 1.82) is 0 Å². The summed E-state index contributed by atoms with van der Waals surface area (Å²) in [5, 5.41) is 13.8. The van der Waals surface area contributed by atoms with Crippen LogP contribution in [-0.2, 0) is 0 Å². The number of H-pyrrole nitrogens is 2. The Labute approximate surface area is 175 Å². The molecule has 0 bridgehead atoms. The van der Waals surface area contributed by atoms with E-state index in [1.165, 1.54) is 5.56 Å². The van der Waals surface area contributed by atoms with Crippen molar-refractivity contribution in [2.24, 2.45) is 0 Å². The molecule has 4 rings (SSSR count). The first-order valence-corrected chi connectivity index (χ1v) is 10.9. The minimum Gasteiger partial charge on any atom is -0.349 e. The smallest absolute Gasteiger partial charge is 0.255 e. The van der Waals surface area contributed by atoms with Gasteiger partial charge in [0.2, 0.25) is 0 Å². The van der Waals surface area contributed by atoms with Crippen LogP contribution in [0.3, 0.4) is 0 Å². The number of benzene rings is 1. The number of amides is 1. The van der Waals surface area contributed by atoms with Gasteiger partial charge in [-0.2, -0.15) is 17.7 Å². The zero-order valence-corrected chi connectivity index (χ0v) is 17.8. The zero-order chi connectivity index (χ0) is 20.4. The lowest BCUT2D eigenvalue weighted by atomic mass is 9.98. The molecule has 1 aromatic carbocycles. The van der Waals surface area contributed by atoms with Crippen LogP contribution in [0.5, 0.6) is 0 Å². The van der Waals surface area contributed by atoms with E-state index in [2.05, 4.69) is 62.5 Å². The molecule has 3 heterocycles. The SMILES string of the molecule is Cc1[nH]nc(-c2nc3ccc(C(C)CCS)cc3[nH]2)c1C(=O)NC1CCNCC1. The Kier molecular flexibility index (Phi) is 5.91. The number of imidazole rings is 1. The lowest BCUT2D eigenvalue weighted by Crippen LogP contribution is -2.42. The molecule has 0 aliphatic carbocycles. The Hall–Kier alpha value is -2.32. The first-order chi connectivity index (χ1) is 14.1. The first-order valence-electron chi connectivity index (χ1n) is 10.2. The number of carbonyl (C=O) groups is 1. The molecule has 1 saturated heterocycles. The van der Waals surface area contributed by atoms with Gasteiger partial charge < -0.3 is 15.6 Å². The highest BCUT2D eigenvalue weighted by molar-refractivity contribution is 7.80. The number of aromatic nitrogens is 4. The summed E-state index contributed by atoms with van der Waals surface area (Å²) < 4.78 is 0.